The van der Waals surface area contributed by atoms with Crippen LogP contribution in [-0.2, 0) is 4.79 Å². The van der Waals surface area contributed by atoms with E-state index in [1.54, 1.807) is 0 Å². The Kier molecular flexibility index (Phi) is 5.33. The smallest absolute Gasteiger partial charge is 0.0590 e. The minimum absolute atomic E-state index is 0. The topological polar surface area (TPSA) is 34.1 Å². The van der Waals surface area contributed by atoms with Crippen LogP contribution in [0.1, 0.15) is 27.0 Å². The van der Waals surface area contributed by atoms with Crippen molar-refractivity contribution in [2.75, 3.05) is 0 Å². The normalized spacial score (nSPS) is 9.07. The van der Waals surface area contributed by atoms with Crippen molar-refractivity contribution in [3.63, 3.8) is 0 Å². The molecule has 0 saturated carbocycles. The number of hydrogen-bond acceptors (Lipinski definition) is 2. The quantitative estimate of drug-likeness (QED) is 0.422. The average Bonchev–Trinajstić information content (AvgIpc) is 2.02. The van der Waals surface area contributed by atoms with E-state index in [1.807, 2.05) is 32.9 Å². The van der Waals surface area contributed by atoms with Gasteiger partial charge in [0.2, 0.25) is 0 Å². The van der Waals surface area contributed by atoms with E-state index < -0.39 is 5.78 Å². The maximum Gasteiger partial charge on any atom is 0.0590 e. The number of carbonyl (C=O) groups excluding carboxylic acids is 2. The fourth-order valence-corrected chi connectivity index (χ4v) is 1.59. The average molecular weight is 413 g/mol. The molecule has 0 aliphatic heterocycles. The van der Waals surface area contributed by atoms with Gasteiger partial charge in [0.25, 0.3) is 0 Å². The Morgan fingerprint density at radius 3 is 1.93 bits per heavy atom. The van der Waals surface area contributed by atoms with Gasteiger partial charge in [0.15, 0.2) is 0 Å². The van der Waals surface area contributed by atoms with Crippen LogP contribution in [0, 0.1) is 51.9 Å². The van der Waals surface area contributed by atoms with Crippen LogP contribution in [0.25, 0.3) is 0 Å². The molecule has 1 rings (SSSR count). The Bertz CT molecular complexity index is 347. The first kappa shape index (κ1) is 13.6. The van der Waals surface area contributed by atoms with E-state index in [0.717, 1.165) is 16.7 Å². The van der Waals surface area contributed by atoms with Crippen LogP contribution in [0.4, 0.5) is 0 Å². The van der Waals surface area contributed by atoms with Gasteiger partial charge >= 0.3 is 0 Å². The molecule has 0 spiro atoms. The van der Waals surface area contributed by atoms with E-state index >= 15 is 0 Å². The SMILES string of the molecule is Cc1cc(C)c(C(=O)[C-]=O)c(C)c1.[U]. The monoisotopic (exact) mass is 413 g/mol. The van der Waals surface area contributed by atoms with Crippen molar-refractivity contribution in [1.82, 2.24) is 0 Å². The summed E-state index contributed by atoms with van der Waals surface area (Å²) in [7, 11) is 0. The summed E-state index contributed by atoms with van der Waals surface area (Å²) in [6.07, 6.45) is 1.39. The molecule has 2 nitrogen and oxygen atoms in total. The zero-order valence-electron chi connectivity index (χ0n) is 8.47. The Balaban J connectivity index is 0.00000169. The van der Waals surface area contributed by atoms with Crippen molar-refractivity contribution in [3.8, 4) is 0 Å². The minimum Gasteiger partial charge on any atom is -0.415 e. The van der Waals surface area contributed by atoms with Crippen LogP contribution < -0.4 is 0 Å². The molecule has 0 bridgehead atoms. The molecule has 0 N–H and O–H groups in total. The zero-order chi connectivity index (χ0) is 10.0. The standard InChI is InChI=1S/C11H11O2.U/c1-7-4-8(2)11(9(3)5-7)10(13)6-12;/h4-5H,1-3H3;/q-1;. The number of carbonyl (C=O) groups is 1. The Morgan fingerprint density at radius 1 is 1.14 bits per heavy atom. The van der Waals surface area contributed by atoms with Crippen molar-refractivity contribution in [2.24, 2.45) is 0 Å². The molecule has 1 aromatic carbocycles. The summed E-state index contributed by atoms with van der Waals surface area (Å²) >= 11 is 0. The second-order valence-electron chi connectivity index (χ2n) is 3.20. The molecular formula is C11H11O2U-. The summed E-state index contributed by atoms with van der Waals surface area (Å²) in [5.74, 6) is -0.560. The van der Waals surface area contributed by atoms with E-state index in [-0.39, 0.29) is 31.1 Å². The van der Waals surface area contributed by atoms with Gasteiger partial charge in [-0.3, -0.25) is 0 Å². The molecule has 1 aromatic rings. The van der Waals surface area contributed by atoms with Gasteiger partial charge in [0.1, 0.15) is 0 Å². The first-order valence-electron chi connectivity index (χ1n) is 4.06. The van der Waals surface area contributed by atoms with Crippen molar-refractivity contribution in [1.29, 1.82) is 0 Å². The molecule has 0 unspecified atom stereocenters. The number of Topliss-reactive ketones (excluding diaryl/α,β-unsaturated/α-hetero) is 1. The molecule has 0 atom stereocenters. The summed E-state index contributed by atoms with van der Waals surface area (Å²) in [5, 5.41) is 0. The maximum atomic E-state index is 11.1. The van der Waals surface area contributed by atoms with Crippen molar-refractivity contribution in [3.05, 3.63) is 34.4 Å². The van der Waals surface area contributed by atoms with Gasteiger partial charge in [-0.2, -0.15) is 0 Å². The molecule has 0 amide bonds. The van der Waals surface area contributed by atoms with Gasteiger partial charge in [-0.25, -0.2) is 0 Å². The van der Waals surface area contributed by atoms with Crippen molar-refractivity contribution < 1.29 is 40.7 Å². The van der Waals surface area contributed by atoms with E-state index in [2.05, 4.69) is 0 Å². The van der Waals surface area contributed by atoms with E-state index in [0.29, 0.717) is 5.56 Å². The number of rotatable bonds is 2. The summed E-state index contributed by atoms with van der Waals surface area (Å²) < 4.78 is 0. The molecule has 0 heterocycles. The molecule has 0 radical (unpaired) electrons. The van der Waals surface area contributed by atoms with E-state index in [1.165, 1.54) is 6.29 Å². The second kappa shape index (κ2) is 5.48. The van der Waals surface area contributed by atoms with Gasteiger partial charge in [-0.05, 0) is 6.92 Å². The fraction of sp³-hybridized carbons (Fsp3) is 0.273. The van der Waals surface area contributed by atoms with Crippen LogP contribution in [0.3, 0.4) is 0 Å². The molecular weight excluding hydrogens is 402 g/mol. The van der Waals surface area contributed by atoms with Gasteiger partial charge in [0, 0.05) is 37.4 Å². The largest absolute Gasteiger partial charge is 0.415 e. The molecule has 72 valence electrons. The number of benzene rings is 1. The fourth-order valence-electron chi connectivity index (χ4n) is 1.59. The maximum absolute atomic E-state index is 11.1. The minimum atomic E-state index is -0.560. The van der Waals surface area contributed by atoms with Gasteiger partial charge in [0.05, 0.1) is 5.78 Å². The number of ketones is 1. The Labute approximate surface area is 107 Å². The third kappa shape index (κ3) is 2.80. The Morgan fingerprint density at radius 2 is 1.57 bits per heavy atom. The van der Waals surface area contributed by atoms with Crippen molar-refractivity contribution >= 4 is 12.1 Å². The predicted molar refractivity (Wildman–Crippen MR) is 50.7 cm³/mol. The third-order valence-electron chi connectivity index (χ3n) is 2.00. The molecule has 14 heavy (non-hydrogen) atoms. The first-order valence-corrected chi connectivity index (χ1v) is 4.06. The van der Waals surface area contributed by atoms with Gasteiger partial charge < -0.3 is 9.59 Å². The molecule has 0 saturated heterocycles. The van der Waals surface area contributed by atoms with Crippen LogP contribution in [0.15, 0.2) is 12.1 Å². The van der Waals surface area contributed by atoms with Crippen LogP contribution >= 0.6 is 0 Å². The van der Waals surface area contributed by atoms with Crippen LogP contribution in [0.2, 0.25) is 0 Å². The summed E-state index contributed by atoms with van der Waals surface area (Å²) in [6, 6.07) is 3.77. The molecule has 0 aliphatic carbocycles. The summed E-state index contributed by atoms with van der Waals surface area (Å²) in [6.45, 7) is 5.61. The number of hydrogen-bond donors (Lipinski definition) is 0. The van der Waals surface area contributed by atoms with Gasteiger partial charge in [-0.1, -0.05) is 31.5 Å². The first-order chi connectivity index (χ1) is 6.06. The molecule has 0 aliphatic rings. The van der Waals surface area contributed by atoms with Crippen LogP contribution in [0.5, 0.6) is 0 Å². The number of aryl methyl sites for hydroxylation is 3. The van der Waals surface area contributed by atoms with Gasteiger partial charge in [-0.15, -0.1) is 16.7 Å². The predicted octanol–water partition coefficient (Wildman–Crippen LogP) is 1.90. The molecule has 0 fully saturated rings. The summed E-state index contributed by atoms with van der Waals surface area (Å²) in [4.78, 5) is 21.4. The van der Waals surface area contributed by atoms with E-state index in [4.69, 9.17) is 0 Å². The molecule has 3 heteroatoms. The zero-order valence-corrected chi connectivity index (χ0v) is 12.6. The van der Waals surface area contributed by atoms with E-state index in [9.17, 15) is 9.59 Å². The third-order valence-corrected chi connectivity index (χ3v) is 2.00. The molecule has 0 aromatic heterocycles. The second-order valence-corrected chi connectivity index (χ2v) is 3.20. The summed E-state index contributed by atoms with van der Waals surface area (Å²) in [5.41, 5.74) is 3.26. The van der Waals surface area contributed by atoms with Crippen LogP contribution in [-0.4, -0.2) is 12.1 Å². The van der Waals surface area contributed by atoms with Crippen molar-refractivity contribution in [2.45, 2.75) is 20.8 Å². The Hall–Kier alpha value is -0.388.